The van der Waals surface area contributed by atoms with Gasteiger partial charge in [0.25, 0.3) is 0 Å². The number of aromatic nitrogens is 3. The van der Waals surface area contributed by atoms with E-state index in [9.17, 15) is 0 Å². The number of fused-ring (bicyclic) bond motifs is 4. The van der Waals surface area contributed by atoms with Crippen LogP contribution in [-0.4, -0.2) is 22.6 Å². The Labute approximate surface area is 363 Å². The number of hydrogen-bond donors (Lipinski definition) is 0. The van der Waals surface area contributed by atoms with Crippen LogP contribution in [0.25, 0.3) is 72.4 Å². The molecule has 4 nitrogen and oxygen atoms in total. The molecule has 9 aromatic rings. The van der Waals surface area contributed by atoms with Crippen molar-refractivity contribution in [1.82, 2.24) is 14.5 Å². The number of nitrogens with zero attached hydrogens (tertiary/aromatic N) is 3. The fraction of sp³-hybridized carbons (Fsp3) is 0.208. The first-order chi connectivity index (χ1) is 27.8. The Bertz CT molecular complexity index is 2860. The Kier molecular flexibility index (Phi) is 12.1. The van der Waals surface area contributed by atoms with E-state index in [1.54, 1.807) is 0 Å². The summed E-state index contributed by atoms with van der Waals surface area (Å²) in [6.45, 7) is 18.5. The van der Waals surface area contributed by atoms with Crippen molar-refractivity contribution in [3.63, 3.8) is 0 Å². The summed E-state index contributed by atoms with van der Waals surface area (Å²) in [6.07, 6.45) is 3.25. The zero-order chi connectivity index (χ0) is 40.6. The van der Waals surface area contributed by atoms with Crippen LogP contribution >= 0.6 is 0 Å². The number of hydrogen-bond acceptors (Lipinski definition) is 3. The molecule has 0 fully saturated rings. The Morgan fingerprint density at radius 2 is 1.47 bits per heavy atom. The molecule has 59 heavy (non-hydrogen) atoms. The second kappa shape index (κ2) is 17.1. The maximum Gasteiger partial charge on any atom is 0.120 e. The molecule has 9 rings (SSSR count). The van der Waals surface area contributed by atoms with Crippen LogP contribution in [0.3, 0.4) is 0 Å². The van der Waals surface area contributed by atoms with Gasteiger partial charge in [0, 0.05) is 37.4 Å². The summed E-state index contributed by atoms with van der Waals surface area (Å²) in [5, 5.41) is 3.66. The molecular weight excluding hydrogens is 915 g/mol. The summed E-state index contributed by atoms with van der Waals surface area (Å²) in [4.78, 5) is 9.83. The van der Waals surface area contributed by atoms with Crippen LogP contribution < -0.4 is 5.19 Å². The summed E-state index contributed by atoms with van der Waals surface area (Å²) >= 11 is 0. The van der Waals surface area contributed by atoms with Crippen LogP contribution in [0.5, 0.6) is 0 Å². The standard InChI is InChI=1S/C31H19N2O.C22H32NSi.Ir/c1-2-10-21(11-3-1)22-12-8-13-23(20-22)33-28-18-6-5-17-27(28)32-31(33)26-16-9-15-25-24-14-4-7-19-29(24)34-30(25)26;1-16(2)13-18-14-20(23-15-21(18)24(6,7)8)17-9-11-19(12-10-17)22(3,4)5;/h1-15,17-20H;9,11-12,14-16H,13H2,1-8H3;/q2*-1;. The first-order valence-electron chi connectivity index (χ1n) is 20.3. The monoisotopic (exact) mass is 966 g/mol. The van der Waals surface area contributed by atoms with Gasteiger partial charge in [0.1, 0.15) is 5.58 Å². The van der Waals surface area contributed by atoms with Crippen molar-refractivity contribution in [3.8, 4) is 39.5 Å². The van der Waals surface area contributed by atoms with Gasteiger partial charge in [0.2, 0.25) is 0 Å². The Hall–Kier alpha value is -5.39. The van der Waals surface area contributed by atoms with Crippen molar-refractivity contribution in [2.24, 2.45) is 5.92 Å². The van der Waals surface area contributed by atoms with E-state index in [0.29, 0.717) is 5.92 Å². The minimum atomic E-state index is -1.38. The van der Waals surface area contributed by atoms with Crippen molar-refractivity contribution in [2.75, 3.05) is 0 Å². The molecular formula is C53H51IrN3OSi-2. The number of imidazole rings is 1. The van der Waals surface area contributed by atoms with Gasteiger partial charge in [-0.15, -0.1) is 53.6 Å². The van der Waals surface area contributed by atoms with Crippen LogP contribution in [0, 0.1) is 18.1 Å². The normalized spacial score (nSPS) is 11.8. The largest absolute Gasteiger partial charge is 0.501 e. The van der Waals surface area contributed by atoms with Gasteiger partial charge in [-0.05, 0) is 70.1 Å². The van der Waals surface area contributed by atoms with Gasteiger partial charge in [0.05, 0.1) is 30.5 Å². The smallest absolute Gasteiger partial charge is 0.120 e. The van der Waals surface area contributed by atoms with Gasteiger partial charge >= 0.3 is 0 Å². The number of benzene rings is 6. The van der Waals surface area contributed by atoms with E-state index in [2.05, 4.69) is 180 Å². The zero-order valence-corrected chi connectivity index (χ0v) is 38.6. The van der Waals surface area contributed by atoms with Gasteiger partial charge in [0.15, 0.2) is 0 Å². The summed E-state index contributed by atoms with van der Waals surface area (Å²) < 4.78 is 8.54. The molecule has 0 saturated carbocycles. The van der Waals surface area contributed by atoms with E-state index < -0.39 is 8.07 Å². The third-order valence-corrected chi connectivity index (χ3v) is 12.8. The van der Waals surface area contributed by atoms with E-state index in [1.165, 1.54) is 21.9 Å². The molecule has 0 bridgehead atoms. The van der Waals surface area contributed by atoms with Gasteiger partial charge in [-0.2, -0.15) is 0 Å². The van der Waals surface area contributed by atoms with Crippen LogP contribution in [0.1, 0.15) is 45.7 Å². The molecule has 3 heterocycles. The summed E-state index contributed by atoms with van der Waals surface area (Å²) in [5.74, 6) is 1.47. The Balaban J connectivity index is 0.000000188. The maximum absolute atomic E-state index is 6.33. The van der Waals surface area contributed by atoms with Crippen molar-refractivity contribution < 1.29 is 24.5 Å². The summed E-state index contributed by atoms with van der Waals surface area (Å²) in [7, 11) is -1.38. The van der Waals surface area contributed by atoms with E-state index in [4.69, 9.17) is 14.4 Å². The SMILES string of the molecule is CC(C)Cc1cc(-c2[c-]cc(C(C)(C)C)cc2)ncc1[Si](C)(C)C.[Ir].[c-]1ccc2c(oc3ccccc32)c1-c1nc2ccccc2n1-c1cccc(-c2ccccc2)c1. The number of pyridine rings is 1. The first kappa shape index (κ1) is 41.8. The van der Waals surface area contributed by atoms with E-state index in [1.807, 2.05) is 36.4 Å². The van der Waals surface area contributed by atoms with Crippen molar-refractivity contribution >= 4 is 46.2 Å². The zero-order valence-electron chi connectivity index (χ0n) is 35.2. The van der Waals surface area contributed by atoms with Crippen molar-refractivity contribution in [1.29, 1.82) is 0 Å². The molecule has 299 valence electrons. The molecule has 1 radical (unpaired) electrons. The molecule has 0 spiro atoms. The van der Waals surface area contributed by atoms with Crippen LogP contribution in [0.4, 0.5) is 0 Å². The molecule has 0 saturated heterocycles. The molecule has 0 aliphatic rings. The minimum Gasteiger partial charge on any atom is -0.501 e. The topological polar surface area (TPSA) is 43.9 Å². The molecule has 6 heteroatoms. The molecule has 0 amide bonds. The predicted molar refractivity (Wildman–Crippen MR) is 247 cm³/mol. The molecule has 3 aromatic heterocycles. The number of para-hydroxylation sites is 3. The third-order valence-electron chi connectivity index (χ3n) is 10.7. The molecule has 0 unspecified atom stereocenters. The number of rotatable bonds is 7. The summed E-state index contributed by atoms with van der Waals surface area (Å²) in [6, 6.07) is 55.1. The Morgan fingerprint density at radius 1 is 0.746 bits per heavy atom. The maximum atomic E-state index is 6.33. The second-order valence-electron chi connectivity index (χ2n) is 17.7. The second-order valence-corrected chi connectivity index (χ2v) is 22.7. The van der Waals surface area contributed by atoms with Crippen LogP contribution in [-0.2, 0) is 31.9 Å². The molecule has 0 N–H and O–H groups in total. The van der Waals surface area contributed by atoms with Crippen molar-refractivity contribution in [2.45, 2.75) is 66.1 Å². The van der Waals surface area contributed by atoms with E-state index in [0.717, 1.165) is 73.3 Å². The van der Waals surface area contributed by atoms with E-state index >= 15 is 0 Å². The predicted octanol–water partition coefficient (Wildman–Crippen LogP) is 13.6. The van der Waals surface area contributed by atoms with E-state index in [-0.39, 0.29) is 25.5 Å². The molecule has 0 aliphatic carbocycles. The van der Waals surface area contributed by atoms with Gasteiger partial charge in [-0.25, -0.2) is 0 Å². The average molecular weight is 966 g/mol. The first-order valence-corrected chi connectivity index (χ1v) is 23.8. The van der Waals surface area contributed by atoms with Gasteiger partial charge in [-0.3, -0.25) is 4.98 Å². The van der Waals surface area contributed by atoms with Crippen LogP contribution in [0.15, 0.2) is 150 Å². The molecule has 0 aliphatic heterocycles. The average Bonchev–Trinajstić information content (AvgIpc) is 3.80. The van der Waals surface area contributed by atoms with Crippen LogP contribution in [0.2, 0.25) is 19.6 Å². The fourth-order valence-corrected chi connectivity index (χ4v) is 9.34. The number of furan rings is 1. The van der Waals surface area contributed by atoms with Crippen molar-refractivity contribution in [3.05, 3.63) is 169 Å². The molecule has 0 atom stereocenters. The molecule has 6 aromatic carbocycles. The Morgan fingerprint density at radius 3 is 2.20 bits per heavy atom. The van der Waals surface area contributed by atoms with Gasteiger partial charge in [-0.1, -0.05) is 150 Å². The summed E-state index contributed by atoms with van der Waals surface area (Å²) in [5.41, 5.74) is 13.0. The quantitative estimate of drug-likeness (QED) is 0.118. The minimum absolute atomic E-state index is 0. The fourth-order valence-electron chi connectivity index (χ4n) is 7.75. The third kappa shape index (κ3) is 8.82. The van der Waals surface area contributed by atoms with Gasteiger partial charge < -0.3 is 14.0 Å².